The predicted octanol–water partition coefficient (Wildman–Crippen LogP) is 1.97. The molecule has 0 unspecified atom stereocenters. The van der Waals surface area contributed by atoms with E-state index in [9.17, 15) is 4.79 Å². The van der Waals surface area contributed by atoms with Gasteiger partial charge in [0.15, 0.2) is 0 Å². The monoisotopic (exact) mass is 243 g/mol. The average Bonchev–Trinajstić information content (AvgIpc) is 2.69. The standard InChI is InChI=1S/C14H17N3O/c1-10-4-6-12(7-5-10)9-15-14(18)13-8-11(2)17(3)16-13/h4-8H,9H2,1-3H3,(H,15,18). The molecule has 1 heterocycles. The Kier molecular flexibility index (Phi) is 3.46. The van der Waals surface area contributed by atoms with Crippen molar-refractivity contribution >= 4 is 5.91 Å². The number of aryl methyl sites for hydroxylation is 3. The van der Waals surface area contributed by atoms with Crippen molar-refractivity contribution in [2.45, 2.75) is 20.4 Å². The van der Waals surface area contributed by atoms with Crippen LogP contribution in [0, 0.1) is 13.8 Å². The average molecular weight is 243 g/mol. The SMILES string of the molecule is Cc1ccc(CNC(=O)c2cc(C)n(C)n2)cc1. The molecule has 0 bridgehead atoms. The van der Waals surface area contributed by atoms with E-state index in [2.05, 4.69) is 10.4 Å². The molecule has 0 spiro atoms. The second kappa shape index (κ2) is 5.04. The molecular formula is C14H17N3O. The van der Waals surface area contributed by atoms with Gasteiger partial charge in [-0.25, -0.2) is 0 Å². The lowest BCUT2D eigenvalue weighted by Gasteiger charge is -2.03. The van der Waals surface area contributed by atoms with Crippen LogP contribution in [0.25, 0.3) is 0 Å². The Bertz CT molecular complexity index is 535. The zero-order valence-electron chi connectivity index (χ0n) is 10.9. The summed E-state index contributed by atoms with van der Waals surface area (Å²) in [6.07, 6.45) is 0. The van der Waals surface area contributed by atoms with Crippen LogP contribution in [0.15, 0.2) is 30.3 Å². The Balaban J connectivity index is 1.98. The molecule has 0 saturated carbocycles. The van der Waals surface area contributed by atoms with Gasteiger partial charge in [0.25, 0.3) is 5.91 Å². The molecule has 1 N–H and O–H groups in total. The summed E-state index contributed by atoms with van der Waals surface area (Å²) >= 11 is 0. The summed E-state index contributed by atoms with van der Waals surface area (Å²) in [6, 6.07) is 9.88. The van der Waals surface area contributed by atoms with Gasteiger partial charge < -0.3 is 5.32 Å². The fraction of sp³-hybridized carbons (Fsp3) is 0.286. The highest BCUT2D eigenvalue weighted by Crippen LogP contribution is 2.04. The Morgan fingerprint density at radius 3 is 2.50 bits per heavy atom. The molecule has 0 fully saturated rings. The van der Waals surface area contributed by atoms with E-state index in [4.69, 9.17) is 0 Å². The van der Waals surface area contributed by atoms with Gasteiger partial charge in [-0.15, -0.1) is 0 Å². The highest BCUT2D eigenvalue weighted by molar-refractivity contribution is 5.92. The maximum atomic E-state index is 11.9. The summed E-state index contributed by atoms with van der Waals surface area (Å²) in [5, 5.41) is 7.00. The van der Waals surface area contributed by atoms with Crippen LogP contribution in [-0.4, -0.2) is 15.7 Å². The molecule has 4 heteroatoms. The molecule has 4 nitrogen and oxygen atoms in total. The predicted molar refractivity (Wildman–Crippen MR) is 70.3 cm³/mol. The second-order valence-corrected chi connectivity index (χ2v) is 4.46. The van der Waals surface area contributed by atoms with E-state index in [-0.39, 0.29) is 5.91 Å². The Labute approximate surface area is 107 Å². The minimum atomic E-state index is -0.140. The normalized spacial score (nSPS) is 10.4. The molecule has 1 aromatic heterocycles. The van der Waals surface area contributed by atoms with Crippen molar-refractivity contribution in [1.82, 2.24) is 15.1 Å². The van der Waals surface area contributed by atoms with E-state index in [0.29, 0.717) is 12.2 Å². The van der Waals surface area contributed by atoms with Gasteiger partial charge in [0.05, 0.1) is 0 Å². The summed E-state index contributed by atoms with van der Waals surface area (Å²) in [4.78, 5) is 11.9. The zero-order valence-corrected chi connectivity index (χ0v) is 10.9. The van der Waals surface area contributed by atoms with E-state index in [1.165, 1.54) is 5.56 Å². The molecule has 18 heavy (non-hydrogen) atoms. The minimum absolute atomic E-state index is 0.140. The van der Waals surface area contributed by atoms with Crippen LogP contribution in [0.5, 0.6) is 0 Å². The third kappa shape index (κ3) is 2.77. The van der Waals surface area contributed by atoms with E-state index >= 15 is 0 Å². The third-order valence-electron chi connectivity index (χ3n) is 2.92. The van der Waals surface area contributed by atoms with Crippen LogP contribution >= 0.6 is 0 Å². The first-order chi connectivity index (χ1) is 8.56. The first-order valence-electron chi connectivity index (χ1n) is 5.90. The summed E-state index contributed by atoms with van der Waals surface area (Å²) in [5.74, 6) is -0.140. The first kappa shape index (κ1) is 12.4. The van der Waals surface area contributed by atoms with Gasteiger partial charge in [0.2, 0.25) is 0 Å². The smallest absolute Gasteiger partial charge is 0.272 e. The van der Waals surface area contributed by atoms with Crippen LogP contribution in [-0.2, 0) is 13.6 Å². The van der Waals surface area contributed by atoms with E-state index in [1.807, 2.05) is 45.2 Å². The molecule has 1 aromatic carbocycles. The molecule has 94 valence electrons. The number of carbonyl (C=O) groups excluding carboxylic acids is 1. The fourth-order valence-electron chi connectivity index (χ4n) is 1.65. The van der Waals surface area contributed by atoms with E-state index in [1.54, 1.807) is 10.7 Å². The number of rotatable bonds is 3. The molecule has 1 amide bonds. The largest absolute Gasteiger partial charge is 0.347 e. The first-order valence-corrected chi connectivity index (χ1v) is 5.90. The van der Waals surface area contributed by atoms with E-state index in [0.717, 1.165) is 11.3 Å². The third-order valence-corrected chi connectivity index (χ3v) is 2.92. The maximum Gasteiger partial charge on any atom is 0.272 e. The van der Waals surface area contributed by atoms with Crippen molar-refractivity contribution in [1.29, 1.82) is 0 Å². The number of hydrogen-bond acceptors (Lipinski definition) is 2. The number of nitrogens with one attached hydrogen (secondary N) is 1. The Morgan fingerprint density at radius 2 is 1.94 bits per heavy atom. The van der Waals surface area contributed by atoms with Crippen molar-refractivity contribution in [2.24, 2.45) is 7.05 Å². The Hall–Kier alpha value is -2.10. The van der Waals surface area contributed by atoms with Crippen LogP contribution < -0.4 is 5.32 Å². The lowest BCUT2D eigenvalue weighted by Crippen LogP contribution is -2.23. The summed E-state index contributed by atoms with van der Waals surface area (Å²) in [7, 11) is 1.83. The quantitative estimate of drug-likeness (QED) is 0.895. The maximum absolute atomic E-state index is 11.9. The number of benzene rings is 1. The van der Waals surface area contributed by atoms with Gasteiger partial charge >= 0.3 is 0 Å². The number of amides is 1. The molecule has 0 aliphatic heterocycles. The van der Waals surface area contributed by atoms with Gasteiger partial charge in [0, 0.05) is 19.3 Å². The number of carbonyl (C=O) groups is 1. The summed E-state index contributed by atoms with van der Waals surface area (Å²) in [6.45, 7) is 4.48. The van der Waals surface area contributed by atoms with Crippen molar-refractivity contribution in [3.05, 3.63) is 52.8 Å². The molecule has 0 atom stereocenters. The number of aromatic nitrogens is 2. The van der Waals surface area contributed by atoms with Gasteiger partial charge in [-0.3, -0.25) is 9.48 Å². The van der Waals surface area contributed by atoms with Crippen molar-refractivity contribution in [3.63, 3.8) is 0 Å². The summed E-state index contributed by atoms with van der Waals surface area (Å²) < 4.78 is 1.70. The van der Waals surface area contributed by atoms with Gasteiger partial charge in [0.1, 0.15) is 5.69 Å². The molecule has 2 rings (SSSR count). The van der Waals surface area contributed by atoms with Crippen LogP contribution in [0.4, 0.5) is 0 Å². The molecule has 0 radical (unpaired) electrons. The topological polar surface area (TPSA) is 46.9 Å². The molecular weight excluding hydrogens is 226 g/mol. The minimum Gasteiger partial charge on any atom is -0.347 e. The fourth-order valence-corrected chi connectivity index (χ4v) is 1.65. The van der Waals surface area contributed by atoms with Crippen molar-refractivity contribution in [3.8, 4) is 0 Å². The number of hydrogen-bond donors (Lipinski definition) is 1. The van der Waals surface area contributed by atoms with Crippen molar-refractivity contribution in [2.75, 3.05) is 0 Å². The lowest BCUT2D eigenvalue weighted by molar-refractivity contribution is 0.0945. The van der Waals surface area contributed by atoms with Crippen LogP contribution in [0.3, 0.4) is 0 Å². The highest BCUT2D eigenvalue weighted by atomic mass is 16.1. The molecule has 0 saturated heterocycles. The van der Waals surface area contributed by atoms with E-state index < -0.39 is 0 Å². The zero-order chi connectivity index (χ0) is 13.1. The van der Waals surface area contributed by atoms with Crippen LogP contribution in [0.1, 0.15) is 27.3 Å². The Morgan fingerprint density at radius 1 is 1.28 bits per heavy atom. The van der Waals surface area contributed by atoms with Gasteiger partial charge in [-0.2, -0.15) is 5.10 Å². The summed E-state index contributed by atoms with van der Waals surface area (Å²) in [5.41, 5.74) is 3.73. The van der Waals surface area contributed by atoms with Gasteiger partial charge in [-0.05, 0) is 25.5 Å². The number of nitrogens with zero attached hydrogens (tertiary/aromatic N) is 2. The second-order valence-electron chi connectivity index (χ2n) is 4.46. The molecule has 0 aliphatic rings. The molecule has 2 aromatic rings. The van der Waals surface area contributed by atoms with Crippen LogP contribution in [0.2, 0.25) is 0 Å². The molecule has 0 aliphatic carbocycles. The lowest BCUT2D eigenvalue weighted by atomic mass is 10.1. The van der Waals surface area contributed by atoms with Crippen molar-refractivity contribution < 1.29 is 4.79 Å². The highest BCUT2D eigenvalue weighted by Gasteiger charge is 2.10. The van der Waals surface area contributed by atoms with Gasteiger partial charge in [-0.1, -0.05) is 29.8 Å².